The van der Waals surface area contributed by atoms with Gasteiger partial charge in [-0.25, -0.2) is 0 Å². The van der Waals surface area contributed by atoms with Gasteiger partial charge in [-0.1, -0.05) is 23.4 Å². The Hall–Kier alpha value is -2.63. The average molecular weight is 297 g/mol. The highest BCUT2D eigenvalue weighted by molar-refractivity contribution is 6.01. The van der Waals surface area contributed by atoms with Crippen molar-refractivity contribution in [3.63, 3.8) is 0 Å². The fourth-order valence-electron chi connectivity index (χ4n) is 3.18. The van der Waals surface area contributed by atoms with Gasteiger partial charge in [0.15, 0.2) is 0 Å². The van der Waals surface area contributed by atoms with Crippen molar-refractivity contribution in [1.29, 1.82) is 0 Å². The Bertz CT molecular complexity index is 753. The van der Waals surface area contributed by atoms with E-state index in [0.717, 1.165) is 22.5 Å². The molecule has 22 heavy (non-hydrogen) atoms. The van der Waals surface area contributed by atoms with Crippen molar-refractivity contribution < 1.29 is 14.1 Å². The number of nitrogens with one attached hydrogen (secondary N) is 1. The minimum absolute atomic E-state index is 0.00542. The van der Waals surface area contributed by atoms with E-state index in [0.29, 0.717) is 19.5 Å². The van der Waals surface area contributed by atoms with E-state index >= 15 is 0 Å². The van der Waals surface area contributed by atoms with Gasteiger partial charge in [0.1, 0.15) is 6.26 Å². The van der Waals surface area contributed by atoms with Crippen molar-refractivity contribution in [3.05, 3.63) is 47.3 Å². The summed E-state index contributed by atoms with van der Waals surface area (Å²) < 4.78 is 4.96. The van der Waals surface area contributed by atoms with Gasteiger partial charge in [-0.3, -0.25) is 9.59 Å². The standard InChI is InChI=1S/C16H15N3O3/c20-15-7-12(11-3-1-2-4-14(11)17-15)16(21)19-6-5-13-10(8-19)9-22-18-13/h1-4,9,12H,5-8H2,(H,17,20). The summed E-state index contributed by atoms with van der Waals surface area (Å²) in [5.41, 5.74) is 3.50. The first kappa shape index (κ1) is 13.1. The van der Waals surface area contributed by atoms with Crippen LogP contribution in [0.1, 0.15) is 29.2 Å². The van der Waals surface area contributed by atoms with E-state index in [1.807, 2.05) is 24.3 Å². The molecule has 0 saturated carbocycles. The molecule has 2 amide bonds. The Morgan fingerprint density at radius 2 is 2.23 bits per heavy atom. The number of hydrogen-bond acceptors (Lipinski definition) is 4. The van der Waals surface area contributed by atoms with Crippen molar-refractivity contribution in [3.8, 4) is 0 Å². The van der Waals surface area contributed by atoms with Gasteiger partial charge in [0.25, 0.3) is 0 Å². The molecule has 1 atom stereocenters. The van der Waals surface area contributed by atoms with E-state index in [1.54, 1.807) is 11.2 Å². The SMILES string of the molecule is O=C1CC(C(=O)N2CCc3nocc3C2)c2ccccc2N1. The average Bonchev–Trinajstić information content (AvgIpc) is 3.00. The van der Waals surface area contributed by atoms with Crippen molar-refractivity contribution >= 4 is 17.5 Å². The number of rotatable bonds is 1. The number of para-hydroxylation sites is 1. The summed E-state index contributed by atoms with van der Waals surface area (Å²) in [5, 5.41) is 6.76. The van der Waals surface area contributed by atoms with Crippen LogP contribution in [0.3, 0.4) is 0 Å². The Kier molecular flexibility index (Phi) is 2.96. The zero-order valence-corrected chi connectivity index (χ0v) is 11.9. The number of carbonyl (C=O) groups excluding carboxylic acids is 2. The number of fused-ring (bicyclic) bond motifs is 2. The van der Waals surface area contributed by atoms with Crippen molar-refractivity contribution in [2.24, 2.45) is 0 Å². The van der Waals surface area contributed by atoms with E-state index in [9.17, 15) is 9.59 Å². The van der Waals surface area contributed by atoms with Crippen LogP contribution in [0.5, 0.6) is 0 Å². The van der Waals surface area contributed by atoms with Gasteiger partial charge < -0.3 is 14.7 Å². The fourth-order valence-corrected chi connectivity index (χ4v) is 3.18. The predicted octanol–water partition coefficient (Wildman–Crippen LogP) is 1.69. The lowest BCUT2D eigenvalue weighted by atomic mass is 9.89. The van der Waals surface area contributed by atoms with Crippen molar-refractivity contribution in [2.75, 3.05) is 11.9 Å². The first-order valence-corrected chi connectivity index (χ1v) is 7.32. The van der Waals surface area contributed by atoms with Gasteiger partial charge in [0.2, 0.25) is 11.8 Å². The third-order valence-corrected chi connectivity index (χ3v) is 4.32. The van der Waals surface area contributed by atoms with Crippen LogP contribution in [0.4, 0.5) is 5.69 Å². The monoisotopic (exact) mass is 297 g/mol. The molecule has 6 heteroatoms. The number of aromatic nitrogens is 1. The minimum atomic E-state index is -0.411. The number of anilines is 1. The second kappa shape index (κ2) is 4.98. The van der Waals surface area contributed by atoms with E-state index in [1.165, 1.54) is 0 Å². The molecule has 0 fully saturated rings. The summed E-state index contributed by atoms with van der Waals surface area (Å²) in [6.07, 6.45) is 2.48. The highest BCUT2D eigenvalue weighted by Crippen LogP contribution is 2.34. The lowest BCUT2D eigenvalue weighted by Crippen LogP contribution is -2.41. The summed E-state index contributed by atoms with van der Waals surface area (Å²) in [7, 11) is 0. The Balaban J connectivity index is 1.62. The van der Waals surface area contributed by atoms with Crippen LogP contribution in [0.25, 0.3) is 0 Å². The normalized spacial score (nSPS) is 20.1. The van der Waals surface area contributed by atoms with Crippen LogP contribution in [0, 0.1) is 0 Å². The smallest absolute Gasteiger partial charge is 0.231 e. The maximum absolute atomic E-state index is 12.9. The Morgan fingerprint density at radius 1 is 1.36 bits per heavy atom. The molecule has 2 aliphatic heterocycles. The molecule has 2 aliphatic rings. The van der Waals surface area contributed by atoms with Gasteiger partial charge in [-0.2, -0.15) is 0 Å². The zero-order valence-electron chi connectivity index (χ0n) is 11.9. The lowest BCUT2D eigenvalue weighted by Gasteiger charge is -2.32. The van der Waals surface area contributed by atoms with Crippen molar-refractivity contribution in [1.82, 2.24) is 10.1 Å². The van der Waals surface area contributed by atoms with E-state index < -0.39 is 5.92 Å². The van der Waals surface area contributed by atoms with Crippen LogP contribution in [0.2, 0.25) is 0 Å². The predicted molar refractivity (Wildman–Crippen MR) is 78.1 cm³/mol. The third kappa shape index (κ3) is 2.07. The molecular weight excluding hydrogens is 282 g/mol. The highest BCUT2D eigenvalue weighted by Gasteiger charge is 2.34. The van der Waals surface area contributed by atoms with Crippen LogP contribution in [0.15, 0.2) is 35.1 Å². The molecule has 0 aliphatic carbocycles. The molecule has 2 aromatic rings. The molecule has 1 aromatic heterocycles. The number of hydrogen-bond donors (Lipinski definition) is 1. The number of carbonyl (C=O) groups is 2. The number of benzene rings is 1. The van der Waals surface area contributed by atoms with Crippen molar-refractivity contribution in [2.45, 2.75) is 25.3 Å². The van der Waals surface area contributed by atoms with E-state index in [2.05, 4.69) is 10.5 Å². The van der Waals surface area contributed by atoms with Gasteiger partial charge in [-0.05, 0) is 11.6 Å². The number of amides is 2. The largest absolute Gasteiger partial charge is 0.364 e. The summed E-state index contributed by atoms with van der Waals surface area (Å²) in [6.45, 7) is 1.11. The highest BCUT2D eigenvalue weighted by atomic mass is 16.5. The maximum Gasteiger partial charge on any atom is 0.231 e. The quantitative estimate of drug-likeness (QED) is 0.869. The molecule has 0 spiro atoms. The molecule has 6 nitrogen and oxygen atoms in total. The molecule has 112 valence electrons. The van der Waals surface area contributed by atoms with Crippen LogP contribution in [-0.2, 0) is 22.6 Å². The fraction of sp³-hybridized carbons (Fsp3) is 0.312. The van der Waals surface area contributed by atoms with Crippen LogP contribution in [-0.4, -0.2) is 28.4 Å². The Labute approximate surface area is 127 Å². The Morgan fingerprint density at radius 3 is 3.14 bits per heavy atom. The van der Waals surface area contributed by atoms with E-state index in [-0.39, 0.29) is 18.2 Å². The topological polar surface area (TPSA) is 75.4 Å². The second-order valence-electron chi connectivity index (χ2n) is 5.69. The molecule has 1 N–H and O–H groups in total. The summed E-state index contributed by atoms with van der Waals surface area (Å²) >= 11 is 0. The van der Waals surface area contributed by atoms with Crippen LogP contribution < -0.4 is 5.32 Å². The summed E-state index contributed by atoms with van der Waals surface area (Å²) in [5.74, 6) is -0.528. The molecule has 4 rings (SSSR count). The van der Waals surface area contributed by atoms with Crippen LogP contribution >= 0.6 is 0 Å². The molecule has 3 heterocycles. The lowest BCUT2D eigenvalue weighted by molar-refractivity contribution is -0.135. The molecular formula is C16H15N3O3. The zero-order chi connectivity index (χ0) is 15.1. The maximum atomic E-state index is 12.9. The summed E-state index contributed by atoms with van der Waals surface area (Å²) in [6, 6.07) is 7.49. The molecule has 0 radical (unpaired) electrons. The molecule has 1 unspecified atom stereocenters. The van der Waals surface area contributed by atoms with E-state index in [4.69, 9.17) is 4.52 Å². The number of nitrogens with zero attached hydrogens (tertiary/aromatic N) is 2. The van der Waals surface area contributed by atoms with Gasteiger partial charge in [0.05, 0.1) is 18.2 Å². The van der Waals surface area contributed by atoms with Gasteiger partial charge >= 0.3 is 0 Å². The molecule has 1 aromatic carbocycles. The third-order valence-electron chi connectivity index (χ3n) is 4.32. The van der Waals surface area contributed by atoms with Gasteiger partial charge in [0, 0.05) is 30.6 Å². The first-order chi connectivity index (χ1) is 10.7. The molecule has 0 bridgehead atoms. The van der Waals surface area contributed by atoms with Gasteiger partial charge in [-0.15, -0.1) is 0 Å². The molecule has 0 saturated heterocycles. The first-order valence-electron chi connectivity index (χ1n) is 7.32. The minimum Gasteiger partial charge on any atom is -0.364 e. The second-order valence-corrected chi connectivity index (χ2v) is 5.69. The summed E-state index contributed by atoms with van der Waals surface area (Å²) in [4.78, 5) is 26.6.